The highest BCUT2D eigenvalue weighted by Gasteiger charge is 2.16. The number of amides is 1. The van der Waals surface area contributed by atoms with Gasteiger partial charge in [-0.1, -0.05) is 18.2 Å². The van der Waals surface area contributed by atoms with Crippen molar-refractivity contribution in [3.05, 3.63) is 64.7 Å². The van der Waals surface area contributed by atoms with Crippen LogP contribution in [0.1, 0.15) is 27.0 Å². The van der Waals surface area contributed by atoms with Crippen LogP contribution in [0.15, 0.2) is 42.5 Å². The Morgan fingerprint density at radius 2 is 1.88 bits per heavy atom. The molecule has 0 bridgehead atoms. The fourth-order valence-corrected chi connectivity index (χ4v) is 2.77. The van der Waals surface area contributed by atoms with Gasteiger partial charge in [0.2, 0.25) is 0 Å². The molecule has 0 fully saturated rings. The number of halogens is 2. The lowest BCUT2D eigenvalue weighted by atomic mass is 10.1. The van der Waals surface area contributed by atoms with E-state index in [-0.39, 0.29) is 11.7 Å². The van der Waals surface area contributed by atoms with Crippen LogP contribution < -0.4 is 10.1 Å². The first-order valence-electron chi connectivity index (χ1n) is 7.64. The zero-order chi connectivity index (χ0) is 17.1. The molecule has 1 amide bonds. The van der Waals surface area contributed by atoms with E-state index in [1.165, 1.54) is 17.7 Å². The zero-order valence-corrected chi connectivity index (χ0v) is 13.3. The van der Waals surface area contributed by atoms with E-state index in [1.807, 2.05) is 18.2 Å². The zero-order valence-electron chi connectivity index (χ0n) is 13.3. The van der Waals surface area contributed by atoms with E-state index in [9.17, 15) is 13.6 Å². The summed E-state index contributed by atoms with van der Waals surface area (Å²) < 4.78 is 28.6. The smallest absolute Gasteiger partial charge is 0.387 e. The minimum Gasteiger partial charge on any atom is -0.435 e. The number of rotatable bonds is 5. The number of alkyl halides is 2. The van der Waals surface area contributed by atoms with Crippen LogP contribution in [0.3, 0.4) is 0 Å². The van der Waals surface area contributed by atoms with Gasteiger partial charge in [-0.25, -0.2) is 0 Å². The minimum absolute atomic E-state index is 0.0717. The second kappa shape index (κ2) is 6.97. The molecule has 0 unspecified atom stereocenters. The van der Waals surface area contributed by atoms with Crippen molar-refractivity contribution in [1.29, 1.82) is 0 Å². The highest BCUT2D eigenvalue weighted by molar-refractivity contribution is 5.94. The molecule has 1 aliphatic heterocycles. The molecule has 0 spiro atoms. The molecule has 0 saturated carbocycles. The predicted molar refractivity (Wildman–Crippen MR) is 85.9 cm³/mol. The Morgan fingerprint density at radius 1 is 1.17 bits per heavy atom. The van der Waals surface area contributed by atoms with Gasteiger partial charge in [0.25, 0.3) is 5.91 Å². The van der Waals surface area contributed by atoms with Gasteiger partial charge in [0.1, 0.15) is 5.75 Å². The average Bonchev–Trinajstić information content (AvgIpc) is 3.03. The van der Waals surface area contributed by atoms with Crippen molar-refractivity contribution < 1.29 is 18.3 Å². The molecular weight excluding hydrogens is 314 g/mol. The number of carbonyl (C=O) groups excluding carboxylic acids is 1. The average molecular weight is 332 g/mol. The summed E-state index contributed by atoms with van der Waals surface area (Å²) in [5.74, 6) is 0.0338. The summed E-state index contributed by atoms with van der Waals surface area (Å²) in [4.78, 5) is 14.1. The van der Waals surface area contributed by atoms with Gasteiger partial charge in [0.05, 0.1) is 0 Å². The Bertz CT molecular complexity index is 732. The number of nitrogens with zero attached hydrogens (tertiary/aromatic N) is 1. The molecule has 1 aliphatic rings. The third-order valence-electron chi connectivity index (χ3n) is 4.00. The van der Waals surface area contributed by atoms with E-state index < -0.39 is 6.61 Å². The van der Waals surface area contributed by atoms with Crippen LogP contribution in [-0.4, -0.2) is 24.5 Å². The first kappa shape index (κ1) is 16.4. The molecule has 126 valence electrons. The largest absolute Gasteiger partial charge is 0.435 e. The third-order valence-corrected chi connectivity index (χ3v) is 4.00. The van der Waals surface area contributed by atoms with Crippen LogP contribution in [0.25, 0.3) is 0 Å². The monoisotopic (exact) mass is 332 g/mol. The molecule has 1 heterocycles. The summed E-state index contributed by atoms with van der Waals surface area (Å²) in [5.41, 5.74) is 3.87. The lowest BCUT2D eigenvalue weighted by Gasteiger charge is -2.18. The van der Waals surface area contributed by atoms with Crippen LogP contribution in [0.4, 0.5) is 8.78 Å². The molecule has 0 saturated heterocycles. The second-order valence-electron chi connectivity index (χ2n) is 5.77. The third kappa shape index (κ3) is 3.71. The van der Waals surface area contributed by atoms with Gasteiger partial charge in [-0.3, -0.25) is 4.79 Å². The number of fused-ring (bicyclic) bond motifs is 1. The summed E-state index contributed by atoms with van der Waals surface area (Å²) in [6.07, 6.45) is 0. The van der Waals surface area contributed by atoms with Crippen molar-refractivity contribution in [1.82, 2.24) is 10.2 Å². The van der Waals surface area contributed by atoms with Gasteiger partial charge in [0, 0.05) is 32.2 Å². The first-order valence-corrected chi connectivity index (χ1v) is 7.64. The molecule has 2 aromatic rings. The van der Waals surface area contributed by atoms with Gasteiger partial charge in [0.15, 0.2) is 0 Å². The van der Waals surface area contributed by atoms with Gasteiger partial charge < -0.3 is 15.0 Å². The van der Waals surface area contributed by atoms with Gasteiger partial charge in [-0.2, -0.15) is 8.78 Å². The Balaban J connectivity index is 1.65. The van der Waals surface area contributed by atoms with E-state index in [2.05, 4.69) is 10.1 Å². The van der Waals surface area contributed by atoms with Crippen molar-refractivity contribution >= 4 is 5.91 Å². The predicted octanol–water partition coefficient (Wildman–Crippen LogP) is 3.16. The van der Waals surface area contributed by atoms with Crippen LogP contribution >= 0.6 is 0 Å². The maximum Gasteiger partial charge on any atom is 0.387 e. The topological polar surface area (TPSA) is 41.6 Å². The fraction of sp³-hybridized carbons (Fsp3) is 0.278. The van der Waals surface area contributed by atoms with Crippen LogP contribution in [0, 0.1) is 0 Å². The number of hydrogen-bond acceptors (Lipinski definition) is 3. The molecule has 2 aromatic carbocycles. The molecule has 0 radical (unpaired) electrons. The quantitative estimate of drug-likeness (QED) is 0.914. The van der Waals surface area contributed by atoms with Crippen LogP contribution in [-0.2, 0) is 19.6 Å². The standard InChI is InChI=1S/C18H18F2N2O2/c1-22(11-12-2-6-16(7-3-12)24-18(19)20)17(23)13-4-5-14-9-21-10-15(14)8-13/h2-8,18,21H,9-11H2,1H3. The summed E-state index contributed by atoms with van der Waals surface area (Å²) in [6.45, 7) is -0.823. The van der Waals surface area contributed by atoms with E-state index in [1.54, 1.807) is 24.1 Å². The second-order valence-corrected chi connectivity index (χ2v) is 5.77. The van der Waals surface area contributed by atoms with Crippen molar-refractivity contribution in [2.45, 2.75) is 26.2 Å². The molecule has 0 aliphatic carbocycles. The number of carbonyl (C=O) groups is 1. The van der Waals surface area contributed by atoms with Gasteiger partial charge in [-0.05, 0) is 41.0 Å². The Hall–Kier alpha value is -2.47. The van der Waals surface area contributed by atoms with Crippen molar-refractivity contribution in [2.24, 2.45) is 0 Å². The number of ether oxygens (including phenoxy) is 1. The fourth-order valence-electron chi connectivity index (χ4n) is 2.77. The Kier molecular flexibility index (Phi) is 4.76. The Morgan fingerprint density at radius 3 is 2.58 bits per heavy atom. The maximum atomic E-state index is 12.5. The first-order chi connectivity index (χ1) is 11.5. The molecule has 0 atom stereocenters. The molecule has 3 rings (SSSR count). The highest BCUT2D eigenvalue weighted by atomic mass is 19.3. The SMILES string of the molecule is CN(Cc1ccc(OC(F)F)cc1)C(=O)c1ccc2c(c1)CNC2. The van der Waals surface area contributed by atoms with Gasteiger partial charge >= 0.3 is 6.61 Å². The number of benzene rings is 2. The van der Waals surface area contributed by atoms with Crippen LogP contribution in [0.2, 0.25) is 0 Å². The normalized spacial score (nSPS) is 13.0. The summed E-state index contributed by atoms with van der Waals surface area (Å²) in [7, 11) is 1.72. The highest BCUT2D eigenvalue weighted by Crippen LogP contribution is 2.19. The number of hydrogen-bond donors (Lipinski definition) is 1. The molecule has 6 heteroatoms. The molecule has 4 nitrogen and oxygen atoms in total. The molecular formula is C18H18F2N2O2. The molecule has 1 N–H and O–H groups in total. The summed E-state index contributed by atoms with van der Waals surface area (Å²) >= 11 is 0. The van der Waals surface area contributed by atoms with Crippen molar-refractivity contribution in [3.8, 4) is 5.75 Å². The molecule has 0 aromatic heterocycles. The lowest BCUT2D eigenvalue weighted by molar-refractivity contribution is -0.0498. The van der Waals surface area contributed by atoms with Crippen LogP contribution in [0.5, 0.6) is 5.75 Å². The molecule has 24 heavy (non-hydrogen) atoms. The van der Waals surface area contributed by atoms with Gasteiger partial charge in [-0.15, -0.1) is 0 Å². The summed E-state index contributed by atoms with van der Waals surface area (Å²) in [6, 6.07) is 12.0. The maximum absolute atomic E-state index is 12.5. The minimum atomic E-state index is -2.84. The lowest BCUT2D eigenvalue weighted by Crippen LogP contribution is -2.26. The summed E-state index contributed by atoms with van der Waals surface area (Å²) in [5, 5.41) is 3.25. The van der Waals surface area contributed by atoms with Crippen molar-refractivity contribution in [2.75, 3.05) is 7.05 Å². The number of nitrogens with one attached hydrogen (secondary N) is 1. The van der Waals surface area contributed by atoms with E-state index in [0.29, 0.717) is 12.1 Å². The van der Waals surface area contributed by atoms with E-state index >= 15 is 0 Å². The Labute approximate surface area is 139 Å². The van der Waals surface area contributed by atoms with E-state index in [4.69, 9.17) is 0 Å². The van der Waals surface area contributed by atoms with Crippen molar-refractivity contribution in [3.63, 3.8) is 0 Å². The van der Waals surface area contributed by atoms with E-state index in [0.717, 1.165) is 24.2 Å².